The molecule has 2 heterocycles. The molecule has 2 aliphatic heterocycles. The van der Waals surface area contributed by atoms with Crippen molar-refractivity contribution in [2.45, 2.75) is 12.8 Å². The number of piperidine rings is 1. The first kappa shape index (κ1) is 21.6. The Morgan fingerprint density at radius 1 is 1.15 bits per heavy atom. The van der Waals surface area contributed by atoms with E-state index in [0.717, 1.165) is 45.6 Å². The molecule has 27 heavy (non-hydrogen) atoms. The minimum atomic E-state index is -0.359. The maximum Gasteiger partial charge on any atom is 0.253 e. The molecular weight excluding hydrogens is 371 g/mol. The number of benzene rings is 1. The molecule has 0 saturated carbocycles. The number of piperazine rings is 1. The van der Waals surface area contributed by atoms with Crippen molar-refractivity contribution >= 4 is 24.2 Å². The lowest BCUT2D eigenvalue weighted by atomic mass is 9.96. The number of hydrogen-bond donors (Lipinski definition) is 2. The Balaban J connectivity index is 0.00000261. The maximum atomic E-state index is 13.0. The Bertz CT molecular complexity index is 623. The predicted molar refractivity (Wildman–Crippen MR) is 105 cm³/mol. The molecule has 2 N–H and O–H groups in total. The van der Waals surface area contributed by atoms with E-state index in [0.29, 0.717) is 25.2 Å². The van der Waals surface area contributed by atoms with Crippen LogP contribution in [0.25, 0.3) is 0 Å². The molecule has 1 unspecified atom stereocenters. The van der Waals surface area contributed by atoms with Gasteiger partial charge in [-0.25, -0.2) is 4.39 Å². The Labute approximate surface area is 165 Å². The van der Waals surface area contributed by atoms with Crippen LogP contribution in [0, 0.1) is 11.7 Å². The van der Waals surface area contributed by atoms with Crippen molar-refractivity contribution in [3.63, 3.8) is 0 Å². The van der Waals surface area contributed by atoms with E-state index in [1.165, 1.54) is 24.3 Å². The van der Waals surface area contributed by atoms with Crippen molar-refractivity contribution in [3.8, 4) is 0 Å². The normalized spacial score (nSPS) is 20.6. The van der Waals surface area contributed by atoms with Crippen molar-refractivity contribution in [2.24, 2.45) is 5.92 Å². The largest absolute Gasteiger partial charge is 0.355 e. The summed E-state index contributed by atoms with van der Waals surface area (Å²) in [5, 5.41) is 6.33. The minimum Gasteiger partial charge on any atom is -0.355 e. The van der Waals surface area contributed by atoms with Crippen LogP contribution in [-0.4, -0.2) is 74.0 Å². The van der Waals surface area contributed by atoms with Crippen LogP contribution in [0.1, 0.15) is 23.2 Å². The summed E-state index contributed by atoms with van der Waals surface area (Å²) >= 11 is 0. The highest BCUT2D eigenvalue weighted by Gasteiger charge is 2.28. The van der Waals surface area contributed by atoms with Crippen molar-refractivity contribution in [1.82, 2.24) is 20.4 Å². The molecule has 0 bridgehead atoms. The SMILES string of the molecule is Cl.O=C(NCCN1CCNCC1)C1CCCN(C(=O)c2ccc(F)cc2)C1. The zero-order chi connectivity index (χ0) is 18.4. The van der Waals surface area contributed by atoms with Crippen LogP contribution in [-0.2, 0) is 4.79 Å². The van der Waals surface area contributed by atoms with Crippen LogP contribution in [0.15, 0.2) is 24.3 Å². The second-order valence-corrected chi connectivity index (χ2v) is 6.98. The summed E-state index contributed by atoms with van der Waals surface area (Å²) in [6, 6.07) is 5.57. The van der Waals surface area contributed by atoms with E-state index >= 15 is 0 Å². The number of likely N-dealkylation sites (tertiary alicyclic amines) is 1. The molecule has 3 rings (SSSR count). The smallest absolute Gasteiger partial charge is 0.253 e. The number of amides is 2. The van der Waals surface area contributed by atoms with Gasteiger partial charge in [-0.1, -0.05) is 0 Å². The van der Waals surface area contributed by atoms with Gasteiger partial charge >= 0.3 is 0 Å². The molecule has 1 atom stereocenters. The molecule has 6 nitrogen and oxygen atoms in total. The average molecular weight is 399 g/mol. The lowest BCUT2D eigenvalue weighted by Gasteiger charge is -2.32. The predicted octanol–water partition coefficient (Wildman–Crippen LogP) is 1.12. The fourth-order valence-electron chi connectivity index (χ4n) is 3.57. The van der Waals surface area contributed by atoms with Gasteiger partial charge in [0.1, 0.15) is 5.82 Å². The highest BCUT2D eigenvalue weighted by Crippen LogP contribution is 2.19. The van der Waals surface area contributed by atoms with Crippen LogP contribution in [0.3, 0.4) is 0 Å². The van der Waals surface area contributed by atoms with Crippen molar-refractivity contribution < 1.29 is 14.0 Å². The molecule has 2 amide bonds. The van der Waals surface area contributed by atoms with E-state index in [9.17, 15) is 14.0 Å². The first-order valence-electron chi connectivity index (χ1n) is 9.39. The van der Waals surface area contributed by atoms with E-state index in [4.69, 9.17) is 0 Å². The van der Waals surface area contributed by atoms with Gasteiger partial charge in [-0.2, -0.15) is 0 Å². The maximum absolute atomic E-state index is 13.0. The highest BCUT2D eigenvalue weighted by molar-refractivity contribution is 5.94. The summed E-state index contributed by atoms with van der Waals surface area (Å²) < 4.78 is 13.0. The standard InChI is InChI=1S/C19H27FN4O2.ClH/c20-17-5-3-15(4-6-17)19(26)24-10-1-2-16(14-24)18(25)22-9-13-23-11-7-21-8-12-23;/h3-6,16,21H,1-2,7-14H2,(H,22,25);1H. The van der Waals surface area contributed by atoms with E-state index in [1.807, 2.05) is 0 Å². The second kappa shape index (κ2) is 10.6. The summed E-state index contributed by atoms with van der Waals surface area (Å²) in [5.74, 6) is -0.641. The van der Waals surface area contributed by atoms with Crippen LogP contribution < -0.4 is 10.6 Å². The summed E-state index contributed by atoms with van der Waals surface area (Å²) in [6.45, 7) is 6.59. The van der Waals surface area contributed by atoms with Gasteiger partial charge in [0.15, 0.2) is 0 Å². The van der Waals surface area contributed by atoms with E-state index < -0.39 is 0 Å². The van der Waals surface area contributed by atoms with Gasteiger partial charge in [-0.05, 0) is 37.1 Å². The fraction of sp³-hybridized carbons (Fsp3) is 0.579. The molecule has 150 valence electrons. The molecule has 1 aromatic rings. The molecule has 2 aliphatic rings. The Hall–Kier alpha value is -1.70. The number of carbonyl (C=O) groups is 2. The Kier molecular flexibility index (Phi) is 8.47. The molecule has 2 fully saturated rings. The zero-order valence-corrected chi connectivity index (χ0v) is 16.3. The van der Waals surface area contributed by atoms with Gasteiger partial charge in [0.2, 0.25) is 5.91 Å². The number of nitrogens with zero attached hydrogens (tertiary/aromatic N) is 2. The Morgan fingerprint density at radius 3 is 2.56 bits per heavy atom. The van der Waals surface area contributed by atoms with Crippen LogP contribution in [0.2, 0.25) is 0 Å². The fourth-order valence-corrected chi connectivity index (χ4v) is 3.57. The van der Waals surface area contributed by atoms with Gasteiger partial charge in [-0.15, -0.1) is 12.4 Å². The minimum absolute atomic E-state index is 0. The third-order valence-corrected chi connectivity index (χ3v) is 5.11. The molecule has 8 heteroatoms. The third kappa shape index (κ3) is 6.16. The number of hydrogen-bond acceptors (Lipinski definition) is 4. The average Bonchev–Trinajstić information content (AvgIpc) is 2.69. The molecule has 0 aromatic heterocycles. The van der Waals surface area contributed by atoms with Crippen molar-refractivity contribution in [1.29, 1.82) is 0 Å². The lowest BCUT2D eigenvalue weighted by Crippen LogP contribution is -2.48. The summed E-state index contributed by atoms with van der Waals surface area (Å²) in [5.41, 5.74) is 0.464. The Morgan fingerprint density at radius 2 is 1.85 bits per heavy atom. The molecule has 0 aliphatic carbocycles. The first-order valence-corrected chi connectivity index (χ1v) is 9.39. The molecule has 2 saturated heterocycles. The van der Waals surface area contributed by atoms with Crippen LogP contribution in [0.4, 0.5) is 4.39 Å². The van der Waals surface area contributed by atoms with Gasteiger partial charge in [0.25, 0.3) is 5.91 Å². The van der Waals surface area contributed by atoms with Crippen molar-refractivity contribution in [3.05, 3.63) is 35.6 Å². The van der Waals surface area contributed by atoms with Gasteiger partial charge in [0, 0.05) is 57.9 Å². The number of nitrogens with one attached hydrogen (secondary N) is 2. The molecular formula is C19H28ClFN4O2. The summed E-state index contributed by atoms with van der Waals surface area (Å²) in [6.07, 6.45) is 1.61. The topological polar surface area (TPSA) is 64.7 Å². The highest BCUT2D eigenvalue weighted by atomic mass is 35.5. The first-order chi connectivity index (χ1) is 12.6. The van der Waals surface area contributed by atoms with E-state index in [2.05, 4.69) is 15.5 Å². The van der Waals surface area contributed by atoms with Crippen molar-refractivity contribution in [2.75, 3.05) is 52.4 Å². The number of carbonyl (C=O) groups excluding carboxylic acids is 2. The summed E-state index contributed by atoms with van der Waals surface area (Å²) in [7, 11) is 0. The second-order valence-electron chi connectivity index (χ2n) is 6.98. The van der Waals surface area contributed by atoms with Gasteiger partial charge < -0.3 is 15.5 Å². The summed E-state index contributed by atoms with van der Waals surface area (Å²) in [4.78, 5) is 29.1. The van der Waals surface area contributed by atoms with Gasteiger partial charge in [-0.3, -0.25) is 14.5 Å². The van der Waals surface area contributed by atoms with Crippen LogP contribution >= 0.6 is 12.4 Å². The lowest BCUT2D eigenvalue weighted by molar-refractivity contribution is -0.126. The van der Waals surface area contributed by atoms with Crippen LogP contribution in [0.5, 0.6) is 0 Å². The monoisotopic (exact) mass is 398 g/mol. The quantitative estimate of drug-likeness (QED) is 0.780. The zero-order valence-electron chi connectivity index (χ0n) is 15.5. The molecule has 0 spiro atoms. The molecule has 1 aromatic carbocycles. The number of rotatable bonds is 5. The van der Waals surface area contributed by atoms with E-state index in [1.54, 1.807) is 4.90 Å². The van der Waals surface area contributed by atoms with E-state index in [-0.39, 0.29) is 36.0 Å². The van der Waals surface area contributed by atoms with Gasteiger partial charge in [0.05, 0.1) is 5.92 Å². The molecule has 0 radical (unpaired) electrons. The number of halogens is 2. The third-order valence-electron chi connectivity index (χ3n) is 5.11.